The number of likely N-dealkylation sites (tertiary alicyclic amines) is 1. The van der Waals surface area contributed by atoms with Gasteiger partial charge in [-0.3, -0.25) is 19.1 Å². The van der Waals surface area contributed by atoms with Gasteiger partial charge in [0.2, 0.25) is 0 Å². The monoisotopic (exact) mass is 424 g/mol. The molecular weight excluding hydrogens is 400 g/mol. The minimum Gasteiger partial charge on any atom is -0.331 e. The minimum absolute atomic E-state index is 0.0727. The Balaban J connectivity index is 1.59. The molecule has 0 bridgehead atoms. The van der Waals surface area contributed by atoms with Crippen LogP contribution in [0.2, 0.25) is 0 Å². The van der Waals surface area contributed by atoms with Crippen molar-refractivity contribution in [3.05, 3.63) is 106 Å². The molecule has 4 heterocycles. The number of hydrogen-bond acceptors (Lipinski definition) is 4. The number of aromatic nitrogens is 3. The highest BCUT2D eigenvalue weighted by atomic mass is 16.2. The largest absolute Gasteiger partial charge is 0.331 e. The van der Waals surface area contributed by atoms with E-state index in [1.807, 2.05) is 65.7 Å². The normalized spacial score (nSPS) is 16.2. The number of amides is 1. The Hall–Kier alpha value is -3.80. The first kappa shape index (κ1) is 20.1. The molecule has 1 amide bonds. The van der Waals surface area contributed by atoms with Gasteiger partial charge in [-0.15, -0.1) is 0 Å². The number of carbonyl (C=O) groups excluding carboxylic acids is 1. The number of carbonyl (C=O) groups is 1. The van der Waals surface area contributed by atoms with Gasteiger partial charge in [0.15, 0.2) is 0 Å². The third-order valence-corrected chi connectivity index (χ3v) is 6.09. The maximum absolute atomic E-state index is 13.7. The van der Waals surface area contributed by atoms with Gasteiger partial charge in [-0.2, -0.15) is 0 Å². The molecule has 0 aliphatic carbocycles. The van der Waals surface area contributed by atoms with E-state index in [4.69, 9.17) is 0 Å². The maximum atomic E-state index is 13.7. The van der Waals surface area contributed by atoms with Crippen molar-refractivity contribution in [3.63, 3.8) is 0 Å². The van der Waals surface area contributed by atoms with E-state index in [2.05, 4.69) is 9.97 Å². The van der Waals surface area contributed by atoms with Crippen molar-refractivity contribution in [2.45, 2.75) is 31.8 Å². The molecule has 160 valence electrons. The van der Waals surface area contributed by atoms with E-state index in [0.717, 1.165) is 35.8 Å². The van der Waals surface area contributed by atoms with Crippen molar-refractivity contribution in [1.29, 1.82) is 0 Å². The van der Waals surface area contributed by atoms with E-state index in [1.165, 1.54) is 0 Å². The van der Waals surface area contributed by atoms with Crippen LogP contribution < -0.4 is 5.56 Å². The smallest absolute Gasteiger partial charge is 0.265 e. The second-order valence-electron chi connectivity index (χ2n) is 8.15. The lowest BCUT2D eigenvalue weighted by atomic mass is 9.95. The highest BCUT2D eigenvalue weighted by molar-refractivity contribution is 5.97. The third-order valence-electron chi connectivity index (χ3n) is 6.09. The van der Waals surface area contributed by atoms with E-state index < -0.39 is 0 Å². The summed E-state index contributed by atoms with van der Waals surface area (Å²) in [6, 6.07) is 19.0. The van der Waals surface area contributed by atoms with Crippen LogP contribution in [0.3, 0.4) is 0 Å². The lowest BCUT2D eigenvalue weighted by Crippen LogP contribution is -2.41. The second-order valence-corrected chi connectivity index (χ2v) is 8.15. The molecule has 0 N–H and O–H groups in total. The number of piperidine rings is 1. The summed E-state index contributed by atoms with van der Waals surface area (Å²) in [4.78, 5) is 37.8. The summed E-state index contributed by atoms with van der Waals surface area (Å²) < 4.78 is 1.61. The fourth-order valence-corrected chi connectivity index (χ4v) is 4.52. The van der Waals surface area contributed by atoms with Crippen molar-refractivity contribution in [2.75, 3.05) is 6.54 Å². The predicted octanol–water partition coefficient (Wildman–Crippen LogP) is 4.21. The molecule has 3 aromatic heterocycles. The molecule has 1 saturated heterocycles. The van der Waals surface area contributed by atoms with Gasteiger partial charge < -0.3 is 4.90 Å². The van der Waals surface area contributed by atoms with Crippen LogP contribution in [-0.2, 0) is 6.54 Å². The molecule has 32 heavy (non-hydrogen) atoms. The molecule has 1 atom stereocenters. The van der Waals surface area contributed by atoms with Gasteiger partial charge in [-0.05, 0) is 54.7 Å². The average Bonchev–Trinajstić information content (AvgIpc) is 2.86. The van der Waals surface area contributed by atoms with E-state index >= 15 is 0 Å². The van der Waals surface area contributed by atoms with Crippen LogP contribution in [0.5, 0.6) is 0 Å². The predicted molar refractivity (Wildman–Crippen MR) is 123 cm³/mol. The van der Waals surface area contributed by atoms with Crippen LogP contribution in [0.25, 0.3) is 11.0 Å². The Morgan fingerprint density at radius 3 is 2.66 bits per heavy atom. The van der Waals surface area contributed by atoms with E-state index in [9.17, 15) is 9.59 Å². The Morgan fingerprint density at radius 1 is 1.00 bits per heavy atom. The van der Waals surface area contributed by atoms with E-state index in [-0.39, 0.29) is 23.1 Å². The van der Waals surface area contributed by atoms with Crippen molar-refractivity contribution in [2.24, 2.45) is 0 Å². The zero-order chi connectivity index (χ0) is 21.9. The Bertz CT molecular complexity index is 1300. The number of hydrogen-bond donors (Lipinski definition) is 0. The Kier molecular flexibility index (Phi) is 5.50. The van der Waals surface area contributed by atoms with Gasteiger partial charge >= 0.3 is 0 Å². The number of fused-ring (bicyclic) bond motifs is 1. The van der Waals surface area contributed by atoms with Crippen LogP contribution in [0.4, 0.5) is 0 Å². The molecule has 1 aliphatic heterocycles. The molecule has 1 aliphatic rings. The molecule has 5 rings (SSSR count). The van der Waals surface area contributed by atoms with E-state index in [1.54, 1.807) is 23.0 Å². The molecule has 1 fully saturated rings. The van der Waals surface area contributed by atoms with Gasteiger partial charge in [0, 0.05) is 30.5 Å². The standard InChI is InChI=1S/C26H24N4O2/c31-25(29-15-5-4-12-23(29)21-11-6-13-27-17-21)22-16-20-10-7-14-28-24(20)30(26(22)32)18-19-8-2-1-3-9-19/h1-3,6-11,13-14,16-17,23H,4-5,12,15,18H2. The molecule has 0 spiro atoms. The number of benzene rings is 1. The molecular formula is C26H24N4O2. The summed E-state index contributed by atoms with van der Waals surface area (Å²) in [5.74, 6) is -0.226. The first-order valence-electron chi connectivity index (χ1n) is 11.0. The SMILES string of the molecule is O=C(c1cc2cccnc2n(Cc2ccccc2)c1=O)N1CCCCC1c1cccnc1. The number of rotatable bonds is 4. The minimum atomic E-state index is -0.305. The number of pyridine rings is 3. The van der Waals surface area contributed by atoms with Gasteiger partial charge in [-0.25, -0.2) is 4.98 Å². The number of nitrogens with zero attached hydrogens (tertiary/aromatic N) is 4. The highest BCUT2D eigenvalue weighted by Gasteiger charge is 2.31. The molecule has 0 radical (unpaired) electrons. The topological polar surface area (TPSA) is 68.1 Å². The summed E-state index contributed by atoms with van der Waals surface area (Å²) in [6.07, 6.45) is 8.06. The van der Waals surface area contributed by atoms with Gasteiger partial charge in [-0.1, -0.05) is 36.4 Å². The van der Waals surface area contributed by atoms with Crippen LogP contribution in [-0.4, -0.2) is 31.9 Å². The van der Waals surface area contributed by atoms with E-state index in [0.29, 0.717) is 18.7 Å². The average molecular weight is 425 g/mol. The molecule has 1 unspecified atom stereocenters. The summed E-state index contributed by atoms with van der Waals surface area (Å²) in [5.41, 5.74) is 2.46. The first-order valence-corrected chi connectivity index (χ1v) is 11.0. The third kappa shape index (κ3) is 3.80. The zero-order valence-corrected chi connectivity index (χ0v) is 17.7. The first-order chi connectivity index (χ1) is 15.7. The van der Waals surface area contributed by atoms with Gasteiger partial charge in [0.05, 0.1) is 12.6 Å². The molecule has 4 aromatic rings. The van der Waals surface area contributed by atoms with Crippen LogP contribution >= 0.6 is 0 Å². The maximum Gasteiger partial charge on any atom is 0.265 e. The Morgan fingerprint density at radius 2 is 1.84 bits per heavy atom. The quantitative estimate of drug-likeness (QED) is 0.492. The van der Waals surface area contributed by atoms with Crippen LogP contribution in [0.15, 0.2) is 84.0 Å². The summed E-state index contributed by atoms with van der Waals surface area (Å²) in [6.45, 7) is 0.988. The molecule has 6 nitrogen and oxygen atoms in total. The van der Waals surface area contributed by atoms with Crippen molar-refractivity contribution >= 4 is 16.9 Å². The van der Waals surface area contributed by atoms with Crippen LogP contribution in [0.1, 0.15) is 46.8 Å². The molecule has 6 heteroatoms. The Labute approximate surface area is 186 Å². The van der Waals surface area contributed by atoms with Gasteiger partial charge in [0.25, 0.3) is 11.5 Å². The summed E-state index contributed by atoms with van der Waals surface area (Å²) >= 11 is 0. The zero-order valence-electron chi connectivity index (χ0n) is 17.7. The fraction of sp³-hybridized carbons (Fsp3) is 0.231. The van der Waals surface area contributed by atoms with Crippen molar-refractivity contribution in [1.82, 2.24) is 19.4 Å². The van der Waals surface area contributed by atoms with Crippen molar-refractivity contribution in [3.8, 4) is 0 Å². The molecule has 1 aromatic carbocycles. The summed E-state index contributed by atoms with van der Waals surface area (Å²) in [7, 11) is 0. The van der Waals surface area contributed by atoms with Crippen LogP contribution in [0, 0.1) is 0 Å². The lowest BCUT2D eigenvalue weighted by Gasteiger charge is -2.36. The highest BCUT2D eigenvalue weighted by Crippen LogP contribution is 2.31. The van der Waals surface area contributed by atoms with Crippen molar-refractivity contribution < 1.29 is 4.79 Å². The lowest BCUT2D eigenvalue weighted by molar-refractivity contribution is 0.0609. The fourth-order valence-electron chi connectivity index (χ4n) is 4.52. The van der Waals surface area contributed by atoms with Gasteiger partial charge in [0.1, 0.15) is 11.2 Å². The second kappa shape index (κ2) is 8.75. The molecule has 0 saturated carbocycles. The summed E-state index contributed by atoms with van der Waals surface area (Å²) in [5, 5.41) is 0.779.